The second kappa shape index (κ2) is 8.81. The predicted octanol–water partition coefficient (Wildman–Crippen LogP) is -0.00680. The Morgan fingerprint density at radius 3 is 2.23 bits per heavy atom. The van der Waals surface area contributed by atoms with Crippen molar-refractivity contribution in [2.24, 2.45) is 0 Å². The molecule has 1 aliphatic carbocycles. The van der Waals surface area contributed by atoms with E-state index >= 15 is 0 Å². The van der Waals surface area contributed by atoms with Crippen LogP contribution in [-0.2, 0) is 9.59 Å². The lowest BCUT2D eigenvalue weighted by atomic mass is 10.1. The van der Waals surface area contributed by atoms with Crippen LogP contribution in [0.2, 0.25) is 0 Å². The second-order valence-electron chi connectivity index (χ2n) is 7.67. The Morgan fingerprint density at radius 1 is 0.962 bits per heavy atom. The van der Waals surface area contributed by atoms with Crippen molar-refractivity contribution in [2.75, 3.05) is 45.8 Å². The summed E-state index contributed by atoms with van der Waals surface area (Å²) in [6, 6.07) is -0.254. The molecule has 3 aliphatic rings. The minimum absolute atomic E-state index is 0.103. The van der Waals surface area contributed by atoms with Gasteiger partial charge in [-0.2, -0.15) is 0 Å². The maximum Gasteiger partial charge on any atom is 0.321 e. The first-order valence-corrected chi connectivity index (χ1v) is 9.88. The molecule has 0 bridgehead atoms. The number of urea groups is 1. The molecule has 1 saturated carbocycles. The van der Waals surface area contributed by atoms with Crippen molar-refractivity contribution in [2.45, 2.75) is 51.1 Å². The summed E-state index contributed by atoms with van der Waals surface area (Å²) < 4.78 is 0. The lowest BCUT2D eigenvalue weighted by Gasteiger charge is -2.39. The molecule has 4 amide bonds. The number of nitrogens with one attached hydrogen (secondary N) is 2. The Kier molecular flexibility index (Phi) is 6.48. The average Bonchev–Trinajstić information content (AvgIpc) is 3.45. The van der Waals surface area contributed by atoms with Gasteiger partial charge in [0.15, 0.2) is 0 Å². The molecule has 26 heavy (non-hydrogen) atoms. The average molecular weight is 365 g/mol. The maximum atomic E-state index is 12.6. The highest BCUT2D eigenvalue weighted by Crippen LogP contribution is 2.18. The van der Waals surface area contributed by atoms with Crippen LogP contribution >= 0.6 is 0 Å². The molecule has 0 spiro atoms. The van der Waals surface area contributed by atoms with Crippen LogP contribution < -0.4 is 10.6 Å². The van der Waals surface area contributed by atoms with Gasteiger partial charge in [0.2, 0.25) is 11.8 Å². The first kappa shape index (κ1) is 19.1. The Labute approximate surface area is 155 Å². The molecule has 8 heteroatoms. The van der Waals surface area contributed by atoms with Gasteiger partial charge >= 0.3 is 6.03 Å². The first-order chi connectivity index (χ1) is 12.5. The number of hydrogen-bond acceptors (Lipinski definition) is 5. The fourth-order valence-electron chi connectivity index (χ4n) is 3.66. The number of hydrogen-bond donors (Lipinski definition) is 2. The molecule has 2 saturated heterocycles. The predicted molar refractivity (Wildman–Crippen MR) is 97.6 cm³/mol. The molecule has 1 unspecified atom stereocenters. The number of amides is 4. The van der Waals surface area contributed by atoms with E-state index < -0.39 is 6.03 Å². The van der Waals surface area contributed by atoms with Gasteiger partial charge in [0.05, 0.1) is 12.6 Å². The third-order valence-electron chi connectivity index (χ3n) is 5.51. The molecule has 0 aromatic carbocycles. The normalized spacial score (nSPS) is 23.3. The van der Waals surface area contributed by atoms with E-state index in [1.165, 1.54) is 6.42 Å². The third-order valence-corrected chi connectivity index (χ3v) is 5.51. The summed E-state index contributed by atoms with van der Waals surface area (Å²) in [5, 5.41) is 5.14. The summed E-state index contributed by atoms with van der Waals surface area (Å²) in [5.41, 5.74) is 0. The highest BCUT2D eigenvalue weighted by Gasteiger charge is 2.30. The van der Waals surface area contributed by atoms with Crippen molar-refractivity contribution in [3.63, 3.8) is 0 Å². The van der Waals surface area contributed by atoms with Crippen molar-refractivity contribution in [1.29, 1.82) is 0 Å². The summed E-state index contributed by atoms with van der Waals surface area (Å²) in [4.78, 5) is 42.4. The molecular weight excluding hydrogens is 334 g/mol. The van der Waals surface area contributed by atoms with Gasteiger partial charge in [-0.1, -0.05) is 0 Å². The number of carbonyl (C=O) groups excluding carboxylic acids is 3. The Morgan fingerprint density at radius 2 is 1.62 bits per heavy atom. The highest BCUT2D eigenvalue weighted by molar-refractivity contribution is 5.95. The number of likely N-dealkylation sites (tertiary alicyclic amines) is 1. The molecule has 2 N–H and O–H groups in total. The van der Waals surface area contributed by atoms with Crippen LogP contribution in [0.4, 0.5) is 4.79 Å². The number of imide groups is 1. The second-order valence-corrected chi connectivity index (χ2v) is 7.67. The van der Waals surface area contributed by atoms with Crippen molar-refractivity contribution in [3.05, 3.63) is 0 Å². The number of piperazine rings is 1. The maximum absolute atomic E-state index is 12.6. The van der Waals surface area contributed by atoms with E-state index in [9.17, 15) is 14.4 Å². The molecular formula is C18H31N5O3. The van der Waals surface area contributed by atoms with E-state index in [1.807, 2.05) is 16.7 Å². The summed E-state index contributed by atoms with van der Waals surface area (Å²) >= 11 is 0. The van der Waals surface area contributed by atoms with Gasteiger partial charge in [-0.3, -0.25) is 24.7 Å². The van der Waals surface area contributed by atoms with Gasteiger partial charge < -0.3 is 10.2 Å². The van der Waals surface area contributed by atoms with Crippen molar-refractivity contribution in [3.8, 4) is 0 Å². The van der Waals surface area contributed by atoms with Gasteiger partial charge in [0, 0.05) is 45.3 Å². The molecule has 0 aromatic rings. The van der Waals surface area contributed by atoms with E-state index in [1.54, 1.807) is 0 Å². The van der Waals surface area contributed by atoms with E-state index in [2.05, 4.69) is 15.5 Å². The largest absolute Gasteiger partial charge is 0.341 e. The summed E-state index contributed by atoms with van der Waals surface area (Å²) in [7, 11) is 0. The Hall–Kier alpha value is -1.67. The lowest BCUT2D eigenvalue weighted by Crippen LogP contribution is -2.56. The van der Waals surface area contributed by atoms with Crippen molar-refractivity contribution in [1.82, 2.24) is 25.3 Å². The zero-order chi connectivity index (χ0) is 18.5. The quantitative estimate of drug-likeness (QED) is 0.716. The molecule has 3 fully saturated rings. The van der Waals surface area contributed by atoms with E-state index in [0.717, 1.165) is 65.0 Å². The van der Waals surface area contributed by atoms with Crippen LogP contribution in [-0.4, -0.2) is 90.4 Å². The number of nitrogens with zero attached hydrogens (tertiary/aromatic N) is 3. The van der Waals surface area contributed by atoms with Crippen LogP contribution in [0.1, 0.15) is 39.0 Å². The lowest BCUT2D eigenvalue weighted by molar-refractivity contribution is -0.138. The van der Waals surface area contributed by atoms with Crippen LogP contribution in [0.3, 0.4) is 0 Å². The van der Waals surface area contributed by atoms with Gasteiger partial charge in [-0.15, -0.1) is 0 Å². The number of carbonyl (C=O) groups is 3. The monoisotopic (exact) mass is 365 g/mol. The van der Waals surface area contributed by atoms with Crippen LogP contribution in [0, 0.1) is 0 Å². The van der Waals surface area contributed by atoms with Crippen LogP contribution in [0.5, 0.6) is 0 Å². The zero-order valence-electron chi connectivity index (χ0n) is 15.7. The summed E-state index contributed by atoms with van der Waals surface area (Å²) in [5.74, 6) is -0.0401. The SMILES string of the molecule is CC(C(=O)N1CCCCC1)N1CCN(CC(=O)NC(=O)NC2CC2)CC1. The number of rotatable bonds is 5. The minimum atomic E-state index is -0.392. The summed E-state index contributed by atoms with van der Waals surface area (Å²) in [6.45, 7) is 6.97. The standard InChI is InChI=1S/C18H31N5O3/c1-14(17(25)23-7-3-2-4-8-23)22-11-9-21(10-12-22)13-16(24)20-18(26)19-15-5-6-15/h14-15H,2-13H2,1H3,(H2,19,20,24,26). The molecule has 2 aliphatic heterocycles. The fourth-order valence-corrected chi connectivity index (χ4v) is 3.66. The van der Waals surface area contributed by atoms with Gasteiger partial charge in [0.25, 0.3) is 0 Å². The van der Waals surface area contributed by atoms with E-state index in [0.29, 0.717) is 0 Å². The van der Waals surface area contributed by atoms with Crippen LogP contribution in [0.25, 0.3) is 0 Å². The Balaban J connectivity index is 1.36. The first-order valence-electron chi connectivity index (χ1n) is 9.88. The van der Waals surface area contributed by atoms with E-state index in [-0.39, 0.29) is 30.4 Å². The number of piperidine rings is 1. The van der Waals surface area contributed by atoms with E-state index in [4.69, 9.17) is 0 Å². The molecule has 2 heterocycles. The molecule has 146 valence electrons. The van der Waals surface area contributed by atoms with Crippen molar-refractivity contribution >= 4 is 17.8 Å². The fraction of sp³-hybridized carbons (Fsp3) is 0.833. The van der Waals surface area contributed by atoms with Gasteiger partial charge in [0.1, 0.15) is 0 Å². The summed E-state index contributed by atoms with van der Waals surface area (Å²) in [6.07, 6.45) is 5.43. The third kappa shape index (κ3) is 5.41. The molecule has 1 atom stereocenters. The topological polar surface area (TPSA) is 85.0 Å². The molecule has 0 radical (unpaired) electrons. The highest BCUT2D eigenvalue weighted by atomic mass is 16.2. The molecule has 3 rings (SSSR count). The molecule has 0 aromatic heterocycles. The zero-order valence-corrected chi connectivity index (χ0v) is 15.7. The van der Waals surface area contributed by atoms with Crippen molar-refractivity contribution < 1.29 is 14.4 Å². The van der Waals surface area contributed by atoms with Gasteiger partial charge in [-0.05, 0) is 39.0 Å². The van der Waals surface area contributed by atoms with Crippen LogP contribution in [0.15, 0.2) is 0 Å². The smallest absolute Gasteiger partial charge is 0.321 e. The minimum Gasteiger partial charge on any atom is -0.341 e. The Bertz CT molecular complexity index is 523. The van der Waals surface area contributed by atoms with Gasteiger partial charge in [-0.25, -0.2) is 4.79 Å². The molecule has 8 nitrogen and oxygen atoms in total.